The minimum absolute atomic E-state index is 0.00705. The van der Waals surface area contributed by atoms with Crippen LogP contribution in [-0.2, 0) is 42.7 Å². The van der Waals surface area contributed by atoms with Crippen LogP contribution in [0.15, 0.2) is 0 Å². The maximum atomic E-state index is 13.2. The van der Waals surface area contributed by atoms with Crippen molar-refractivity contribution in [2.45, 2.75) is 158 Å². The lowest BCUT2D eigenvalue weighted by atomic mass is 9.49. The lowest BCUT2D eigenvalue weighted by Crippen LogP contribution is -2.50. The summed E-state index contributed by atoms with van der Waals surface area (Å²) in [5.41, 5.74) is -0.240. The highest BCUT2D eigenvalue weighted by Crippen LogP contribution is 2.60. The second-order valence-electron chi connectivity index (χ2n) is 15.0. The number of hydrogen-bond acceptors (Lipinski definition) is 9. The van der Waals surface area contributed by atoms with Crippen molar-refractivity contribution in [3.63, 3.8) is 0 Å². The number of carbonyl (C=O) groups excluding carboxylic acids is 1. The number of carbonyl (C=O) groups is 1. The third-order valence-corrected chi connectivity index (χ3v) is 11.8. The summed E-state index contributed by atoms with van der Waals surface area (Å²) in [5.74, 6) is 1.11. The molecule has 9 heteroatoms. The van der Waals surface area contributed by atoms with E-state index in [9.17, 15) is 4.79 Å². The molecular formula is C33H50O9. The number of esters is 1. The fourth-order valence-electron chi connectivity index (χ4n) is 10.3. The van der Waals surface area contributed by atoms with Crippen molar-refractivity contribution in [2.75, 3.05) is 19.8 Å². The van der Waals surface area contributed by atoms with Gasteiger partial charge in [-0.3, -0.25) is 4.79 Å². The van der Waals surface area contributed by atoms with Gasteiger partial charge in [0.1, 0.15) is 31.0 Å². The van der Waals surface area contributed by atoms with Gasteiger partial charge in [0.15, 0.2) is 24.2 Å². The maximum absolute atomic E-state index is 13.2. The Balaban J connectivity index is 0.862. The van der Waals surface area contributed by atoms with Crippen molar-refractivity contribution in [3.05, 3.63) is 0 Å². The van der Waals surface area contributed by atoms with Gasteiger partial charge in [-0.2, -0.15) is 0 Å². The smallest absolute Gasteiger partial charge is 0.312 e. The standard InChI is InChI=1S/C33H50O9/c1-21(35-12-13-36-30(34)31-17-22-14-23(18-31)16-24(15-22)19-31)38-29-28-27(41-33(42-28)10-6-3-7-11-33)26(39-29)25-20-37-32(40-25)8-4-2-5-9-32/h21-29H,2-20H2,1H3/t21?,22?,23?,24?,25?,26-,27+,28+,29?,31?/m1/s1. The van der Waals surface area contributed by atoms with E-state index in [-0.39, 0.29) is 49.0 Å². The van der Waals surface area contributed by atoms with Gasteiger partial charge >= 0.3 is 5.97 Å². The molecule has 4 bridgehead atoms. The second-order valence-corrected chi connectivity index (χ2v) is 15.0. The maximum Gasteiger partial charge on any atom is 0.312 e. The van der Waals surface area contributed by atoms with Gasteiger partial charge in [0.05, 0.1) is 18.6 Å². The van der Waals surface area contributed by atoms with Crippen LogP contribution in [0.1, 0.15) is 110 Å². The Hall–Kier alpha value is -0.810. The molecule has 3 saturated heterocycles. The van der Waals surface area contributed by atoms with Crippen LogP contribution in [-0.4, -0.2) is 74.4 Å². The molecule has 9 nitrogen and oxygen atoms in total. The summed E-state index contributed by atoms with van der Waals surface area (Å²) in [5, 5.41) is 0. The van der Waals surface area contributed by atoms with Gasteiger partial charge in [0.2, 0.25) is 0 Å². The first-order valence-electron chi connectivity index (χ1n) is 17.2. The third-order valence-electron chi connectivity index (χ3n) is 11.8. The summed E-state index contributed by atoms with van der Waals surface area (Å²) >= 11 is 0. The highest BCUT2D eigenvalue weighted by Gasteiger charge is 2.62. The largest absolute Gasteiger partial charge is 0.463 e. The first kappa shape index (κ1) is 28.6. The molecule has 3 unspecified atom stereocenters. The molecule has 9 rings (SSSR count). The van der Waals surface area contributed by atoms with E-state index in [1.807, 2.05) is 6.92 Å². The molecule has 3 heterocycles. The lowest BCUT2D eigenvalue weighted by Gasteiger charge is -2.55. The number of hydrogen-bond donors (Lipinski definition) is 0. The van der Waals surface area contributed by atoms with Gasteiger partial charge in [0, 0.05) is 25.7 Å². The van der Waals surface area contributed by atoms with Crippen LogP contribution in [0.25, 0.3) is 0 Å². The summed E-state index contributed by atoms with van der Waals surface area (Å²) in [6.45, 7) is 2.89. The van der Waals surface area contributed by atoms with Crippen LogP contribution < -0.4 is 0 Å². The van der Waals surface area contributed by atoms with E-state index in [1.54, 1.807) is 0 Å². The van der Waals surface area contributed by atoms with E-state index in [0.29, 0.717) is 6.61 Å². The fourth-order valence-corrected chi connectivity index (χ4v) is 10.3. The molecule has 2 spiro atoms. The van der Waals surface area contributed by atoms with Crippen molar-refractivity contribution in [1.82, 2.24) is 0 Å². The molecule has 0 aromatic carbocycles. The molecule has 0 aromatic rings. The molecule has 9 aliphatic rings. The Bertz CT molecular complexity index is 953. The molecule has 0 radical (unpaired) electrons. The molecule has 6 aliphatic carbocycles. The molecule has 42 heavy (non-hydrogen) atoms. The molecule has 0 aromatic heterocycles. The zero-order valence-electron chi connectivity index (χ0n) is 25.3. The van der Waals surface area contributed by atoms with E-state index in [1.165, 1.54) is 32.1 Å². The minimum atomic E-state index is -0.627. The number of fused-ring (bicyclic) bond motifs is 1. The molecule has 236 valence electrons. The number of ether oxygens (including phenoxy) is 8. The normalized spacial score (nSPS) is 45.5. The zero-order chi connectivity index (χ0) is 28.4. The van der Waals surface area contributed by atoms with Gasteiger partial charge in [-0.1, -0.05) is 12.8 Å². The number of rotatable bonds is 8. The highest BCUT2D eigenvalue weighted by molar-refractivity contribution is 5.77. The monoisotopic (exact) mass is 590 g/mol. The second kappa shape index (κ2) is 11.2. The average Bonchev–Trinajstić information content (AvgIpc) is 3.63. The molecule has 6 saturated carbocycles. The van der Waals surface area contributed by atoms with Crippen LogP contribution >= 0.6 is 0 Å². The van der Waals surface area contributed by atoms with Crippen LogP contribution in [0.3, 0.4) is 0 Å². The van der Waals surface area contributed by atoms with Gasteiger partial charge in [0.25, 0.3) is 0 Å². The van der Waals surface area contributed by atoms with E-state index in [0.717, 1.165) is 88.4 Å². The van der Waals surface area contributed by atoms with E-state index in [2.05, 4.69) is 0 Å². The summed E-state index contributed by atoms with van der Waals surface area (Å²) in [6.07, 6.45) is 15.2. The Morgan fingerprint density at radius 2 is 1.38 bits per heavy atom. The summed E-state index contributed by atoms with van der Waals surface area (Å²) < 4.78 is 50.8. The quantitative estimate of drug-likeness (QED) is 0.210. The van der Waals surface area contributed by atoms with Crippen molar-refractivity contribution in [1.29, 1.82) is 0 Å². The van der Waals surface area contributed by atoms with E-state index < -0.39 is 24.2 Å². The molecule has 0 amide bonds. The zero-order valence-corrected chi connectivity index (χ0v) is 25.3. The van der Waals surface area contributed by atoms with E-state index >= 15 is 0 Å². The Labute approximate surface area is 249 Å². The summed E-state index contributed by atoms with van der Waals surface area (Å²) in [4.78, 5) is 13.2. The predicted octanol–water partition coefficient (Wildman–Crippen LogP) is 5.37. The Morgan fingerprint density at radius 3 is 2.05 bits per heavy atom. The van der Waals surface area contributed by atoms with Crippen LogP contribution in [0.4, 0.5) is 0 Å². The van der Waals surface area contributed by atoms with Crippen molar-refractivity contribution >= 4 is 5.97 Å². The van der Waals surface area contributed by atoms with Gasteiger partial charge in [-0.15, -0.1) is 0 Å². The summed E-state index contributed by atoms with van der Waals surface area (Å²) in [6, 6.07) is 0. The van der Waals surface area contributed by atoms with Crippen LogP contribution in [0, 0.1) is 23.2 Å². The van der Waals surface area contributed by atoms with Crippen molar-refractivity contribution < 1.29 is 42.7 Å². The third kappa shape index (κ3) is 5.27. The van der Waals surface area contributed by atoms with Gasteiger partial charge in [-0.05, 0) is 88.9 Å². The van der Waals surface area contributed by atoms with Gasteiger partial charge in [-0.25, -0.2) is 0 Å². The first-order valence-corrected chi connectivity index (χ1v) is 17.2. The van der Waals surface area contributed by atoms with Gasteiger partial charge < -0.3 is 37.9 Å². The first-order chi connectivity index (χ1) is 20.4. The van der Waals surface area contributed by atoms with E-state index in [4.69, 9.17) is 37.9 Å². The molecular weight excluding hydrogens is 540 g/mol. The van der Waals surface area contributed by atoms with Crippen molar-refractivity contribution in [3.8, 4) is 0 Å². The summed E-state index contributed by atoms with van der Waals surface area (Å²) in [7, 11) is 0. The SMILES string of the molecule is CC(OCCOC(=O)C12CC3CC(CC(C3)C1)C2)OC1O[C@H](C2COC3(CCCCC3)O2)[C@@H]2OC3(CCCCC3)O[C@H]12. The molecule has 0 N–H and O–H groups in total. The topological polar surface area (TPSA) is 90.9 Å². The minimum Gasteiger partial charge on any atom is -0.463 e. The lowest BCUT2D eigenvalue weighted by molar-refractivity contribution is -0.296. The molecule has 9 fully saturated rings. The highest BCUT2D eigenvalue weighted by atomic mass is 16.8. The van der Waals surface area contributed by atoms with Crippen LogP contribution in [0.5, 0.6) is 0 Å². The van der Waals surface area contributed by atoms with Crippen LogP contribution in [0.2, 0.25) is 0 Å². The predicted molar refractivity (Wildman–Crippen MR) is 149 cm³/mol. The average molecular weight is 591 g/mol. The Morgan fingerprint density at radius 1 is 0.762 bits per heavy atom. The molecule has 3 aliphatic heterocycles. The fraction of sp³-hybridized carbons (Fsp3) is 0.970. The van der Waals surface area contributed by atoms with Crippen molar-refractivity contribution in [2.24, 2.45) is 23.2 Å². The molecule has 6 atom stereocenters. The Kier molecular flexibility index (Phi) is 7.65.